The molecule has 0 aliphatic rings. The average Bonchev–Trinajstić information content (AvgIpc) is 2.79. The first-order valence-corrected chi connectivity index (χ1v) is 7.88. The smallest absolute Gasteiger partial charge is 0.226 e. The fourth-order valence-electron chi connectivity index (χ4n) is 2.83. The van der Waals surface area contributed by atoms with Crippen LogP contribution in [0.15, 0.2) is 24.3 Å². The van der Waals surface area contributed by atoms with Gasteiger partial charge in [-0.15, -0.1) is 0 Å². The van der Waals surface area contributed by atoms with Gasteiger partial charge in [0.05, 0.1) is 11.7 Å². The molecular formula is C18H26N4O. The van der Waals surface area contributed by atoms with Gasteiger partial charge in [0.1, 0.15) is 0 Å². The number of nitrogens with one attached hydrogen (secondary N) is 1. The number of nitrogens with zero attached hydrogens (tertiary/aromatic N) is 3. The summed E-state index contributed by atoms with van der Waals surface area (Å²) in [6.45, 7) is 8.05. The van der Waals surface area contributed by atoms with Gasteiger partial charge in [0.15, 0.2) is 0 Å². The number of aromatic nitrogens is 2. The van der Waals surface area contributed by atoms with Crippen molar-refractivity contribution in [3.63, 3.8) is 0 Å². The fourth-order valence-corrected chi connectivity index (χ4v) is 2.83. The van der Waals surface area contributed by atoms with E-state index < -0.39 is 0 Å². The highest BCUT2D eigenvalue weighted by molar-refractivity contribution is 5.91. The molecule has 0 saturated heterocycles. The van der Waals surface area contributed by atoms with E-state index in [0.717, 1.165) is 22.8 Å². The molecule has 2 aromatic rings. The molecule has 1 heterocycles. The van der Waals surface area contributed by atoms with Crippen LogP contribution in [0.3, 0.4) is 0 Å². The summed E-state index contributed by atoms with van der Waals surface area (Å²) in [6, 6.07) is 8.02. The van der Waals surface area contributed by atoms with Crippen molar-refractivity contribution >= 4 is 17.3 Å². The van der Waals surface area contributed by atoms with E-state index in [4.69, 9.17) is 0 Å². The van der Waals surface area contributed by atoms with Crippen molar-refractivity contribution in [2.24, 2.45) is 0 Å². The molecule has 0 spiro atoms. The third-order valence-corrected chi connectivity index (χ3v) is 3.92. The Morgan fingerprint density at radius 3 is 2.52 bits per heavy atom. The maximum atomic E-state index is 12.3. The Labute approximate surface area is 138 Å². The van der Waals surface area contributed by atoms with Gasteiger partial charge in [0, 0.05) is 37.6 Å². The summed E-state index contributed by atoms with van der Waals surface area (Å²) in [5, 5.41) is 7.43. The highest BCUT2D eigenvalue weighted by Crippen LogP contribution is 2.23. The number of hydrogen-bond acceptors (Lipinski definition) is 3. The number of anilines is 2. The minimum absolute atomic E-state index is 0.00128. The number of carbonyl (C=O) groups excluding carboxylic acids is 1. The zero-order valence-corrected chi connectivity index (χ0v) is 14.8. The van der Waals surface area contributed by atoms with Gasteiger partial charge in [0.2, 0.25) is 5.91 Å². The van der Waals surface area contributed by atoms with Gasteiger partial charge in [-0.1, -0.05) is 6.07 Å². The lowest BCUT2D eigenvalue weighted by Crippen LogP contribution is -2.19. The summed E-state index contributed by atoms with van der Waals surface area (Å²) in [6.07, 6.45) is 0.396. The van der Waals surface area contributed by atoms with Gasteiger partial charge in [-0.05, 0) is 51.5 Å². The Morgan fingerprint density at radius 2 is 1.96 bits per heavy atom. The van der Waals surface area contributed by atoms with Crippen LogP contribution in [0, 0.1) is 20.8 Å². The number of hydrogen-bond donors (Lipinski definition) is 1. The maximum absolute atomic E-state index is 12.3. The number of rotatable bonds is 5. The van der Waals surface area contributed by atoms with E-state index in [1.807, 2.05) is 68.7 Å². The second-order valence-electron chi connectivity index (χ2n) is 6.37. The van der Waals surface area contributed by atoms with Crippen LogP contribution in [0.2, 0.25) is 0 Å². The van der Waals surface area contributed by atoms with Gasteiger partial charge in [-0.25, -0.2) is 0 Å². The number of amides is 1. The molecule has 0 fully saturated rings. The van der Waals surface area contributed by atoms with E-state index >= 15 is 0 Å². The quantitative estimate of drug-likeness (QED) is 0.919. The van der Waals surface area contributed by atoms with Crippen molar-refractivity contribution in [1.29, 1.82) is 0 Å². The van der Waals surface area contributed by atoms with Gasteiger partial charge >= 0.3 is 0 Å². The van der Waals surface area contributed by atoms with Crippen molar-refractivity contribution < 1.29 is 4.79 Å². The zero-order chi connectivity index (χ0) is 17.1. The van der Waals surface area contributed by atoms with Gasteiger partial charge in [-0.3, -0.25) is 9.48 Å². The van der Waals surface area contributed by atoms with Gasteiger partial charge < -0.3 is 10.2 Å². The van der Waals surface area contributed by atoms with Crippen LogP contribution in [0.5, 0.6) is 0 Å². The molecule has 0 aliphatic heterocycles. The molecule has 1 N–H and O–H groups in total. The van der Waals surface area contributed by atoms with Crippen molar-refractivity contribution in [3.8, 4) is 0 Å². The average molecular weight is 314 g/mol. The van der Waals surface area contributed by atoms with E-state index in [0.29, 0.717) is 6.42 Å². The molecule has 2 rings (SSSR count). The topological polar surface area (TPSA) is 50.2 Å². The second kappa shape index (κ2) is 6.86. The van der Waals surface area contributed by atoms with E-state index in [1.54, 1.807) is 0 Å². The molecule has 5 heteroatoms. The highest BCUT2D eigenvalue weighted by Gasteiger charge is 2.14. The predicted molar refractivity (Wildman–Crippen MR) is 95.2 cm³/mol. The van der Waals surface area contributed by atoms with Crippen LogP contribution in [0.25, 0.3) is 0 Å². The summed E-state index contributed by atoms with van der Waals surface area (Å²) in [7, 11) is 4.00. The number of carbonyl (C=O) groups is 1. The third-order valence-electron chi connectivity index (χ3n) is 3.92. The van der Waals surface area contributed by atoms with Crippen molar-refractivity contribution in [2.75, 3.05) is 24.3 Å². The minimum Gasteiger partial charge on any atom is -0.377 e. The van der Waals surface area contributed by atoms with Crippen molar-refractivity contribution in [2.45, 2.75) is 40.2 Å². The lowest BCUT2D eigenvalue weighted by Gasteiger charge is -2.18. The van der Waals surface area contributed by atoms with E-state index in [2.05, 4.69) is 17.3 Å². The fraction of sp³-hybridized carbons (Fsp3) is 0.444. The standard InChI is InChI=1S/C18H26N4O/c1-12-7-8-16(11-17(12)21(5)6)19-18(23)10-15(4)22-14(3)9-13(2)20-22/h7-9,11,15H,10H2,1-6H3,(H,19,23)/t15-/m1/s1. The summed E-state index contributed by atoms with van der Waals surface area (Å²) in [5.74, 6) is -0.00128. The molecule has 23 heavy (non-hydrogen) atoms. The largest absolute Gasteiger partial charge is 0.377 e. The Hall–Kier alpha value is -2.30. The summed E-state index contributed by atoms with van der Waals surface area (Å²) in [4.78, 5) is 14.4. The van der Waals surface area contributed by atoms with Crippen LogP contribution in [-0.2, 0) is 4.79 Å². The molecule has 124 valence electrons. The Balaban J connectivity index is 2.05. The third kappa shape index (κ3) is 4.12. The van der Waals surface area contributed by atoms with E-state index in [9.17, 15) is 4.79 Å². The maximum Gasteiger partial charge on any atom is 0.226 e. The van der Waals surface area contributed by atoms with Crippen LogP contribution in [0.1, 0.15) is 36.3 Å². The minimum atomic E-state index is -0.00128. The van der Waals surface area contributed by atoms with Gasteiger partial charge in [-0.2, -0.15) is 5.10 Å². The first-order chi connectivity index (χ1) is 10.8. The first-order valence-electron chi connectivity index (χ1n) is 7.88. The van der Waals surface area contributed by atoms with Gasteiger partial charge in [0.25, 0.3) is 0 Å². The molecule has 0 radical (unpaired) electrons. The SMILES string of the molecule is Cc1cc(C)n([C@H](C)CC(=O)Nc2ccc(C)c(N(C)C)c2)n1. The van der Waals surface area contributed by atoms with E-state index in [1.165, 1.54) is 5.56 Å². The molecule has 1 aromatic carbocycles. The van der Waals surface area contributed by atoms with Crippen LogP contribution < -0.4 is 10.2 Å². The van der Waals surface area contributed by atoms with Crippen molar-refractivity contribution in [3.05, 3.63) is 41.2 Å². The summed E-state index contributed by atoms with van der Waals surface area (Å²) < 4.78 is 1.91. The second-order valence-corrected chi connectivity index (χ2v) is 6.37. The Morgan fingerprint density at radius 1 is 1.26 bits per heavy atom. The number of aryl methyl sites for hydroxylation is 3. The molecule has 0 aliphatic carbocycles. The summed E-state index contributed by atoms with van der Waals surface area (Å²) >= 11 is 0. The Kier molecular flexibility index (Phi) is 5.08. The summed E-state index contributed by atoms with van der Waals surface area (Å²) in [5.41, 5.74) is 5.17. The molecule has 5 nitrogen and oxygen atoms in total. The molecule has 1 amide bonds. The van der Waals surface area contributed by atoms with Crippen LogP contribution in [0.4, 0.5) is 11.4 Å². The molecule has 0 unspecified atom stereocenters. The molecular weight excluding hydrogens is 288 g/mol. The van der Waals surface area contributed by atoms with Crippen LogP contribution in [-0.4, -0.2) is 29.8 Å². The van der Waals surface area contributed by atoms with Crippen LogP contribution >= 0.6 is 0 Å². The zero-order valence-electron chi connectivity index (χ0n) is 14.8. The molecule has 1 atom stereocenters. The highest BCUT2D eigenvalue weighted by atomic mass is 16.1. The molecule has 0 saturated carbocycles. The molecule has 1 aromatic heterocycles. The Bertz CT molecular complexity index is 703. The lowest BCUT2D eigenvalue weighted by molar-refractivity contribution is -0.116. The lowest BCUT2D eigenvalue weighted by atomic mass is 10.1. The normalized spacial score (nSPS) is 12.1. The van der Waals surface area contributed by atoms with E-state index in [-0.39, 0.29) is 11.9 Å². The number of benzene rings is 1. The molecule has 0 bridgehead atoms. The predicted octanol–water partition coefficient (Wildman–Crippen LogP) is 3.46. The first kappa shape index (κ1) is 17.1. The monoisotopic (exact) mass is 314 g/mol. The van der Waals surface area contributed by atoms with Crippen molar-refractivity contribution in [1.82, 2.24) is 9.78 Å².